The molecule has 1 unspecified atom stereocenters. The molecule has 0 bridgehead atoms. The van der Waals surface area contributed by atoms with E-state index < -0.39 is 11.5 Å². The second-order valence-electron chi connectivity index (χ2n) is 6.56. The van der Waals surface area contributed by atoms with Gasteiger partial charge < -0.3 is 14.7 Å². The zero-order valence-electron chi connectivity index (χ0n) is 13.8. The number of aromatic amines is 1. The van der Waals surface area contributed by atoms with Crippen LogP contribution in [0.25, 0.3) is 10.9 Å². The van der Waals surface area contributed by atoms with Gasteiger partial charge in [-0.15, -0.1) is 0 Å². The third-order valence-electron chi connectivity index (χ3n) is 5.28. The van der Waals surface area contributed by atoms with Gasteiger partial charge in [0, 0.05) is 44.6 Å². The van der Waals surface area contributed by atoms with E-state index in [1.54, 1.807) is 17.2 Å². The molecule has 25 heavy (non-hydrogen) atoms. The van der Waals surface area contributed by atoms with Crippen molar-refractivity contribution in [3.63, 3.8) is 0 Å². The predicted octanol–water partition coefficient (Wildman–Crippen LogP) is 0.564. The van der Waals surface area contributed by atoms with Crippen LogP contribution in [-0.4, -0.2) is 81.9 Å². The van der Waals surface area contributed by atoms with Crippen molar-refractivity contribution < 1.29 is 19.4 Å². The molecule has 1 atom stereocenters. The van der Waals surface area contributed by atoms with E-state index in [4.69, 9.17) is 4.74 Å². The number of carboxylic acids is 1. The van der Waals surface area contributed by atoms with E-state index in [1.165, 1.54) is 0 Å². The Balaban J connectivity index is 1.49. The standard InChI is InChI=1S/C17H20N4O4/c22-15(13-3-1-2-12-10-18-19-14(12)13)20-5-7-21(8-6-20)17(16(23)24)4-9-25-11-17/h1-3,10H,4-9,11H2,(H,18,19)(H,23,24). The minimum atomic E-state index is -0.946. The van der Waals surface area contributed by atoms with Gasteiger partial charge in [0.15, 0.2) is 0 Å². The largest absolute Gasteiger partial charge is 0.480 e. The van der Waals surface area contributed by atoms with Crippen LogP contribution in [0.1, 0.15) is 16.8 Å². The third kappa shape index (κ3) is 2.58. The number of carbonyl (C=O) groups is 2. The number of piperazine rings is 1. The van der Waals surface area contributed by atoms with Crippen molar-refractivity contribution in [2.45, 2.75) is 12.0 Å². The van der Waals surface area contributed by atoms with Gasteiger partial charge in [0.1, 0.15) is 5.54 Å². The van der Waals surface area contributed by atoms with Crippen molar-refractivity contribution in [2.75, 3.05) is 39.4 Å². The van der Waals surface area contributed by atoms with Crippen molar-refractivity contribution >= 4 is 22.8 Å². The summed E-state index contributed by atoms with van der Waals surface area (Å²) in [6, 6.07) is 5.54. The summed E-state index contributed by atoms with van der Waals surface area (Å²) >= 11 is 0. The Hall–Kier alpha value is -2.45. The van der Waals surface area contributed by atoms with Gasteiger partial charge >= 0.3 is 5.97 Å². The van der Waals surface area contributed by atoms with Crippen LogP contribution in [-0.2, 0) is 9.53 Å². The Morgan fingerprint density at radius 1 is 1.24 bits per heavy atom. The van der Waals surface area contributed by atoms with E-state index in [1.807, 2.05) is 17.0 Å². The van der Waals surface area contributed by atoms with Gasteiger partial charge in [-0.05, 0) is 6.07 Å². The lowest BCUT2D eigenvalue weighted by atomic mass is 9.95. The molecular weight excluding hydrogens is 324 g/mol. The van der Waals surface area contributed by atoms with Crippen LogP contribution in [0, 0.1) is 0 Å². The first-order chi connectivity index (χ1) is 12.1. The normalized spacial score (nSPS) is 24.7. The summed E-state index contributed by atoms with van der Waals surface area (Å²) in [6.07, 6.45) is 2.19. The maximum atomic E-state index is 12.9. The van der Waals surface area contributed by atoms with E-state index in [0.717, 1.165) is 10.9 Å². The summed E-state index contributed by atoms with van der Waals surface area (Å²) in [5, 5.41) is 17.4. The summed E-state index contributed by atoms with van der Waals surface area (Å²) in [6.45, 7) is 2.73. The van der Waals surface area contributed by atoms with Crippen molar-refractivity contribution in [3.05, 3.63) is 30.0 Å². The highest BCUT2D eigenvalue weighted by Gasteiger charge is 2.48. The highest BCUT2D eigenvalue weighted by atomic mass is 16.5. The van der Waals surface area contributed by atoms with Gasteiger partial charge in [-0.2, -0.15) is 5.10 Å². The van der Waals surface area contributed by atoms with Crippen LogP contribution >= 0.6 is 0 Å². The highest BCUT2D eigenvalue weighted by molar-refractivity contribution is 6.05. The Morgan fingerprint density at radius 3 is 2.72 bits per heavy atom. The van der Waals surface area contributed by atoms with Crippen LogP contribution in [0.4, 0.5) is 0 Å². The molecule has 0 spiro atoms. The first-order valence-corrected chi connectivity index (χ1v) is 8.39. The summed E-state index contributed by atoms with van der Waals surface area (Å²) in [4.78, 5) is 28.4. The summed E-state index contributed by atoms with van der Waals surface area (Å²) < 4.78 is 5.34. The van der Waals surface area contributed by atoms with Crippen molar-refractivity contribution in [1.29, 1.82) is 0 Å². The number of benzene rings is 1. The van der Waals surface area contributed by atoms with Gasteiger partial charge in [0.05, 0.1) is 23.9 Å². The topological polar surface area (TPSA) is 98.8 Å². The van der Waals surface area contributed by atoms with Gasteiger partial charge in [-0.1, -0.05) is 12.1 Å². The molecule has 4 rings (SSSR count). The predicted molar refractivity (Wildman–Crippen MR) is 89.4 cm³/mol. The fourth-order valence-corrected chi connectivity index (χ4v) is 3.76. The molecule has 0 aliphatic carbocycles. The molecule has 2 aliphatic rings. The van der Waals surface area contributed by atoms with Crippen molar-refractivity contribution in [3.8, 4) is 0 Å². The SMILES string of the molecule is O=C(c1cccc2cn[nH]c12)N1CCN(C2(C(=O)O)CCOC2)CC1. The van der Waals surface area contributed by atoms with Crippen molar-refractivity contribution in [1.82, 2.24) is 20.0 Å². The lowest BCUT2D eigenvalue weighted by Gasteiger charge is -2.42. The van der Waals surface area contributed by atoms with Gasteiger partial charge in [-0.25, -0.2) is 0 Å². The smallest absolute Gasteiger partial charge is 0.326 e. The van der Waals surface area contributed by atoms with Crippen LogP contribution in [0.3, 0.4) is 0 Å². The monoisotopic (exact) mass is 344 g/mol. The number of aromatic nitrogens is 2. The molecule has 0 radical (unpaired) electrons. The molecule has 2 N–H and O–H groups in total. The molecule has 1 amide bonds. The summed E-state index contributed by atoms with van der Waals surface area (Å²) in [7, 11) is 0. The number of H-pyrrole nitrogens is 1. The fourth-order valence-electron chi connectivity index (χ4n) is 3.76. The second-order valence-corrected chi connectivity index (χ2v) is 6.56. The lowest BCUT2D eigenvalue weighted by molar-refractivity contribution is -0.152. The minimum absolute atomic E-state index is 0.0541. The summed E-state index contributed by atoms with van der Waals surface area (Å²) in [5.41, 5.74) is 0.389. The first-order valence-electron chi connectivity index (χ1n) is 8.39. The Bertz CT molecular complexity index is 804. The highest BCUT2D eigenvalue weighted by Crippen LogP contribution is 2.28. The molecular formula is C17H20N4O4. The molecule has 2 aromatic rings. The zero-order chi connectivity index (χ0) is 17.4. The van der Waals surface area contributed by atoms with Gasteiger partial charge in [0.2, 0.25) is 0 Å². The number of hydrogen-bond donors (Lipinski definition) is 2. The molecule has 8 nitrogen and oxygen atoms in total. The van der Waals surface area contributed by atoms with Gasteiger partial charge in [0.25, 0.3) is 5.91 Å². The number of fused-ring (bicyclic) bond motifs is 1. The van der Waals surface area contributed by atoms with Gasteiger partial charge in [-0.3, -0.25) is 19.6 Å². The van der Waals surface area contributed by atoms with Crippen LogP contribution in [0.15, 0.2) is 24.4 Å². The number of para-hydroxylation sites is 1. The minimum Gasteiger partial charge on any atom is -0.480 e. The number of carboxylic acid groups (broad SMARTS) is 1. The van der Waals surface area contributed by atoms with Crippen LogP contribution in [0.5, 0.6) is 0 Å². The maximum Gasteiger partial charge on any atom is 0.326 e. The van der Waals surface area contributed by atoms with E-state index in [-0.39, 0.29) is 12.5 Å². The molecule has 2 aliphatic heterocycles. The van der Waals surface area contributed by atoms with E-state index in [2.05, 4.69) is 10.2 Å². The average molecular weight is 344 g/mol. The molecule has 1 aromatic heterocycles. The number of nitrogens with one attached hydrogen (secondary N) is 1. The maximum absolute atomic E-state index is 12.9. The Kier molecular flexibility index (Phi) is 3.93. The molecule has 0 saturated carbocycles. The molecule has 132 valence electrons. The average Bonchev–Trinajstić information content (AvgIpc) is 3.31. The number of nitrogens with zero attached hydrogens (tertiary/aromatic N) is 3. The zero-order valence-corrected chi connectivity index (χ0v) is 13.8. The fraction of sp³-hybridized carbons (Fsp3) is 0.471. The lowest BCUT2D eigenvalue weighted by Crippen LogP contribution is -2.61. The van der Waals surface area contributed by atoms with E-state index >= 15 is 0 Å². The van der Waals surface area contributed by atoms with E-state index in [0.29, 0.717) is 44.8 Å². The third-order valence-corrected chi connectivity index (χ3v) is 5.28. The molecule has 3 heterocycles. The number of carbonyl (C=O) groups excluding carboxylic acids is 1. The second kappa shape index (κ2) is 6.12. The molecule has 1 aromatic carbocycles. The number of rotatable bonds is 3. The number of aliphatic carboxylic acids is 1. The number of amides is 1. The Labute approximate surface area is 144 Å². The van der Waals surface area contributed by atoms with Crippen LogP contribution < -0.4 is 0 Å². The van der Waals surface area contributed by atoms with Crippen LogP contribution in [0.2, 0.25) is 0 Å². The first kappa shape index (κ1) is 16.0. The van der Waals surface area contributed by atoms with E-state index in [9.17, 15) is 14.7 Å². The molecule has 2 fully saturated rings. The Morgan fingerprint density at radius 2 is 2.04 bits per heavy atom. The summed E-state index contributed by atoms with van der Waals surface area (Å²) in [5.74, 6) is -0.895. The molecule has 8 heteroatoms. The number of ether oxygens (including phenoxy) is 1. The molecule has 2 saturated heterocycles. The quantitative estimate of drug-likeness (QED) is 0.844. The van der Waals surface area contributed by atoms with Crippen molar-refractivity contribution in [2.24, 2.45) is 0 Å². The number of hydrogen-bond acceptors (Lipinski definition) is 5.